The fourth-order valence-electron chi connectivity index (χ4n) is 3.20. The molecule has 0 unspecified atom stereocenters. The van der Waals surface area contributed by atoms with Crippen LogP contribution in [-0.2, 0) is 17.8 Å². The summed E-state index contributed by atoms with van der Waals surface area (Å²) < 4.78 is 5.42. The molecule has 4 nitrogen and oxygen atoms in total. The lowest BCUT2D eigenvalue weighted by molar-refractivity contribution is 0.0340. The minimum absolute atomic E-state index is 0.0521. The second-order valence-corrected chi connectivity index (χ2v) is 6.86. The van der Waals surface area contributed by atoms with Crippen molar-refractivity contribution in [2.75, 3.05) is 32.8 Å². The van der Waals surface area contributed by atoms with E-state index >= 15 is 0 Å². The fourth-order valence-corrected chi connectivity index (χ4v) is 3.39. The first-order valence-corrected chi connectivity index (χ1v) is 9.47. The van der Waals surface area contributed by atoms with Crippen LogP contribution in [0.1, 0.15) is 28.4 Å². The zero-order valence-electron chi connectivity index (χ0n) is 15.2. The van der Waals surface area contributed by atoms with E-state index in [0.717, 1.165) is 49.5 Å². The van der Waals surface area contributed by atoms with Crippen molar-refractivity contribution in [2.45, 2.75) is 20.0 Å². The first kappa shape index (κ1) is 18.9. The van der Waals surface area contributed by atoms with Crippen molar-refractivity contribution in [2.24, 2.45) is 0 Å². The Bertz CT molecular complexity index is 744. The van der Waals surface area contributed by atoms with Crippen molar-refractivity contribution in [3.8, 4) is 0 Å². The number of rotatable bonds is 6. The van der Waals surface area contributed by atoms with Crippen LogP contribution in [0, 0.1) is 0 Å². The number of amides is 1. The van der Waals surface area contributed by atoms with Gasteiger partial charge in [0, 0.05) is 43.3 Å². The predicted molar refractivity (Wildman–Crippen MR) is 104 cm³/mol. The van der Waals surface area contributed by atoms with Crippen molar-refractivity contribution >= 4 is 17.5 Å². The molecule has 26 heavy (non-hydrogen) atoms. The van der Waals surface area contributed by atoms with E-state index < -0.39 is 0 Å². The molecule has 2 aromatic carbocycles. The molecule has 0 N–H and O–H groups in total. The Morgan fingerprint density at radius 3 is 2.42 bits per heavy atom. The Kier molecular flexibility index (Phi) is 6.67. The second-order valence-electron chi connectivity index (χ2n) is 6.46. The highest BCUT2D eigenvalue weighted by Gasteiger charge is 2.20. The largest absolute Gasteiger partial charge is 0.379 e. The number of hydrogen-bond donors (Lipinski definition) is 0. The van der Waals surface area contributed by atoms with Gasteiger partial charge in [0.1, 0.15) is 0 Å². The summed E-state index contributed by atoms with van der Waals surface area (Å²) in [5.74, 6) is 0.0521. The zero-order chi connectivity index (χ0) is 18.4. The van der Waals surface area contributed by atoms with Crippen LogP contribution in [-0.4, -0.2) is 48.6 Å². The molecule has 1 heterocycles. The van der Waals surface area contributed by atoms with Gasteiger partial charge in [-0.25, -0.2) is 0 Å². The molecular weight excluding hydrogens is 348 g/mol. The molecule has 5 heteroatoms. The lowest BCUT2D eigenvalue weighted by Crippen LogP contribution is -2.37. The Balaban J connectivity index is 1.78. The average Bonchev–Trinajstić information content (AvgIpc) is 2.68. The van der Waals surface area contributed by atoms with Gasteiger partial charge in [-0.2, -0.15) is 0 Å². The summed E-state index contributed by atoms with van der Waals surface area (Å²) in [5, 5.41) is 0.695. The van der Waals surface area contributed by atoms with E-state index in [1.807, 2.05) is 60.4 Å². The highest BCUT2D eigenvalue weighted by atomic mass is 35.5. The number of benzene rings is 2. The van der Waals surface area contributed by atoms with Gasteiger partial charge in [0.2, 0.25) is 0 Å². The standard InChI is InChI=1S/C21H25ClN2O2/c1-2-24(16-18-8-4-6-10-20(18)22)21(25)19-9-5-3-7-17(19)15-23-11-13-26-14-12-23/h3-10H,2,11-16H2,1H3. The van der Waals surface area contributed by atoms with E-state index in [1.165, 1.54) is 0 Å². The molecule has 138 valence electrons. The van der Waals surface area contributed by atoms with Crippen LogP contribution in [0.3, 0.4) is 0 Å². The molecule has 0 atom stereocenters. The molecule has 1 aliphatic rings. The molecular formula is C21H25ClN2O2. The van der Waals surface area contributed by atoms with E-state index in [2.05, 4.69) is 4.90 Å². The monoisotopic (exact) mass is 372 g/mol. The van der Waals surface area contributed by atoms with Crippen LogP contribution >= 0.6 is 11.6 Å². The van der Waals surface area contributed by atoms with Gasteiger partial charge in [-0.1, -0.05) is 48.0 Å². The van der Waals surface area contributed by atoms with E-state index in [1.54, 1.807) is 0 Å². The summed E-state index contributed by atoms with van der Waals surface area (Å²) >= 11 is 6.28. The number of ether oxygens (including phenoxy) is 1. The molecule has 1 fully saturated rings. The maximum absolute atomic E-state index is 13.2. The summed E-state index contributed by atoms with van der Waals surface area (Å²) in [6.45, 7) is 7.23. The zero-order valence-corrected chi connectivity index (χ0v) is 15.9. The molecule has 0 aliphatic carbocycles. The van der Waals surface area contributed by atoms with Gasteiger partial charge in [0.05, 0.1) is 13.2 Å². The maximum Gasteiger partial charge on any atom is 0.254 e. The first-order valence-electron chi connectivity index (χ1n) is 9.09. The van der Waals surface area contributed by atoms with E-state index in [4.69, 9.17) is 16.3 Å². The quantitative estimate of drug-likeness (QED) is 0.772. The van der Waals surface area contributed by atoms with Crippen LogP contribution in [0.2, 0.25) is 5.02 Å². The van der Waals surface area contributed by atoms with Crippen LogP contribution in [0.5, 0.6) is 0 Å². The molecule has 3 rings (SSSR count). The fraction of sp³-hybridized carbons (Fsp3) is 0.381. The molecule has 1 amide bonds. The Morgan fingerprint density at radius 2 is 1.73 bits per heavy atom. The van der Waals surface area contributed by atoms with Crippen LogP contribution in [0.25, 0.3) is 0 Å². The van der Waals surface area contributed by atoms with E-state index in [0.29, 0.717) is 18.1 Å². The molecule has 1 aliphatic heterocycles. The summed E-state index contributed by atoms with van der Waals surface area (Å²) in [6, 6.07) is 15.6. The minimum Gasteiger partial charge on any atom is -0.379 e. The number of carbonyl (C=O) groups excluding carboxylic acids is 1. The molecule has 0 saturated carbocycles. The van der Waals surface area contributed by atoms with Crippen molar-refractivity contribution in [3.63, 3.8) is 0 Å². The van der Waals surface area contributed by atoms with Gasteiger partial charge in [-0.05, 0) is 30.2 Å². The molecule has 0 spiro atoms. The average molecular weight is 373 g/mol. The Labute approximate surface area is 160 Å². The summed E-state index contributed by atoms with van der Waals surface area (Å²) in [5.41, 5.74) is 2.81. The van der Waals surface area contributed by atoms with E-state index in [-0.39, 0.29) is 5.91 Å². The number of nitrogens with zero attached hydrogens (tertiary/aromatic N) is 2. The predicted octanol–water partition coefficient (Wildman–Crippen LogP) is 3.83. The number of hydrogen-bond acceptors (Lipinski definition) is 3. The molecule has 0 aromatic heterocycles. The van der Waals surface area contributed by atoms with Gasteiger partial charge in [0.15, 0.2) is 0 Å². The van der Waals surface area contributed by atoms with Crippen molar-refractivity contribution < 1.29 is 9.53 Å². The first-order chi connectivity index (χ1) is 12.7. The summed E-state index contributed by atoms with van der Waals surface area (Å²) in [6.07, 6.45) is 0. The number of morpholine rings is 1. The van der Waals surface area contributed by atoms with Crippen LogP contribution in [0.4, 0.5) is 0 Å². The topological polar surface area (TPSA) is 32.8 Å². The van der Waals surface area contributed by atoms with Gasteiger partial charge < -0.3 is 9.64 Å². The van der Waals surface area contributed by atoms with Gasteiger partial charge in [-0.3, -0.25) is 9.69 Å². The SMILES string of the molecule is CCN(Cc1ccccc1Cl)C(=O)c1ccccc1CN1CCOCC1. The number of halogens is 1. The smallest absolute Gasteiger partial charge is 0.254 e. The van der Waals surface area contributed by atoms with Crippen LogP contribution < -0.4 is 0 Å². The maximum atomic E-state index is 13.2. The third kappa shape index (κ3) is 4.64. The Morgan fingerprint density at radius 1 is 1.08 bits per heavy atom. The molecule has 2 aromatic rings. The van der Waals surface area contributed by atoms with Gasteiger partial charge >= 0.3 is 0 Å². The summed E-state index contributed by atoms with van der Waals surface area (Å²) in [4.78, 5) is 17.4. The summed E-state index contributed by atoms with van der Waals surface area (Å²) in [7, 11) is 0. The van der Waals surface area contributed by atoms with E-state index in [9.17, 15) is 4.79 Å². The van der Waals surface area contributed by atoms with Gasteiger partial charge in [-0.15, -0.1) is 0 Å². The Hall–Kier alpha value is -1.88. The number of carbonyl (C=O) groups is 1. The molecule has 0 bridgehead atoms. The highest BCUT2D eigenvalue weighted by molar-refractivity contribution is 6.31. The minimum atomic E-state index is 0.0521. The third-order valence-electron chi connectivity index (χ3n) is 4.73. The normalized spacial score (nSPS) is 15.0. The highest BCUT2D eigenvalue weighted by Crippen LogP contribution is 2.20. The molecule has 1 saturated heterocycles. The van der Waals surface area contributed by atoms with Crippen molar-refractivity contribution in [3.05, 3.63) is 70.2 Å². The van der Waals surface area contributed by atoms with Gasteiger partial charge in [0.25, 0.3) is 5.91 Å². The lowest BCUT2D eigenvalue weighted by atomic mass is 10.0. The molecule has 0 radical (unpaired) electrons. The second kappa shape index (κ2) is 9.17. The third-order valence-corrected chi connectivity index (χ3v) is 5.10. The lowest BCUT2D eigenvalue weighted by Gasteiger charge is -2.28. The van der Waals surface area contributed by atoms with Crippen molar-refractivity contribution in [1.29, 1.82) is 0 Å². The van der Waals surface area contributed by atoms with Crippen LogP contribution in [0.15, 0.2) is 48.5 Å². The van der Waals surface area contributed by atoms with Crippen molar-refractivity contribution in [1.82, 2.24) is 9.80 Å².